The van der Waals surface area contributed by atoms with Crippen LogP contribution in [0.2, 0.25) is 5.02 Å². The number of hydrogen-bond acceptors (Lipinski definition) is 2. The first-order chi connectivity index (χ1) is 8.54. The smallest absolute Gasteiger partial charge is 0.142 e. The summed E-state index contributed by atoms with van der Waals surface area (Å²) in [4.78, 5) is 0. The fraction of sp³-hybridized carbons (Fsp3) is 0.571. The van der Waals surface area contributed by atoms with Crippen LogP contribution in [-0.4, -0.2) is 18.3 Å². The molecule has 0 aliphatic rings. The van der Waals surface area contributed by atoms with E-state index in [-0.39, 0.29) is 23.5 Å². The van der Waals surface area contributed by atoms with Crippen LogP contribution in [0.4, 0.5) is 4.39 Å². The van der Waals surface area contributed by atoms with Gasteiger partial charge in [-0.3, -0.25) is 0 Å². The molecule has 0 amide bonds. The third kappa shape index (κ3) is 4.92. The number of halogens is 2. The second-order valence-corrected chi connectivity index (χ2v) is 5.19. The van der Waals surface area contributed by atoms with E-state index in [0.717, 1.165) is 24.9 Å². The van der Waals surface area contributed by atoms with Crippen LogP contribution in [0.1, 0.15) is 38.3 Å². The van der Waals surface area contributed by atoms with E-state index in [1.807, 2.05) is 19.9 Å². The predicted octanol–water partition coefficient (Wildman–Crippen LogP) is 3.54. The summed E-state index contributed by atoms with van der Waals surface area (Å²) in [6.07, 6.45) is 1.99. The van der Waals surface area contributed by atoms with Crippen LogP contribution in [0.5, 0.6) is 0 Å². The van der Waals surface area contributed by atoms with E-state index in [9.17, 15) is 4.39 Å². The molecular weight excluding hydrogens is 253 g/mol. The molecule has 2 unspecified atom stereocenters. The first kappa shape index (κ1) is 15.4. The number of rotatable bonds is 7. The summed E-state index contributed by atoms with van der Waals surface area (Å²) < 4.78 is 13.3. The second-order valence-electron chi connectivity index (χ2n) is 4.78. The zero-order valence-electron chi connectivity index (χ0n) is 10.9. The maximum Gasteiger partial charge on any atom is 0.142 e. The molecule has 0 aromatic heterocycles. The molecule has 0 spiro atoms. The lowest BCUT2D eigenvalue weighted by molar-refractivity contribution is 0.227. The summed E-state index contributed by atoms with van der Waals surface area (Å²) in [7, 11) is 0. The summed E-state index contributed by atoms with van der Waals surface area (Å²) in [6.45, 7) is 5.11. The highest BCUT2D eigenvalue weighted by atomic mass is 35.5. The van der Waals surface area contributed by atoms with Crippen molar-refractivity contribution >= 4 is 11.6 Å². The van der Waals surface area contributed by atoms with Gasteiger partial charge in [-0.1, -0.05) is 24.6 Å². The summed E-state index contributed by atoms with van der Waals surface area (Å²) in [5.41, 5.74) is 0.895. The average Bonchev–Trinajstić information content (AvgIpc) is 2.37. The van der Waals surface area contributed by atoms with E-state index in [0.29, 0.717) is 5.92 Å². The Bertz CT molecular complexity index is 373. The molecule has 4 heteroatoms. The third-order valence-corrected chi connectivity index (χ3v) is 3.39. The van der Waals surface area contributed by atoms with Crippen molar-refractivity contribution in [2.75, 3.05) is 13.2 Å². The van der Waals surface area contributed by atoms with Crippen LogP contribution in [0, 0.1) is 11.7 Å². The van der Waals surface area contributed by atoms with E-state index < -0.39 is 0 Å². The van der Waals surface area contributed by atoms with Gasteiger partial charge in [-0.2, -0.15) is 0 Å². The highest BCUT2D eigenvalue weighted by Crippen LogP contribution is 2.20. The molecule has 0 saturated carbocycles. The van der Waals surface area contributed by atoms with Gasteiger partial charge in [-0.05, 0) is 49.9 Å². The van der Waals surface area contributed by atoms with Gasteiger partial charge in [0.2, 0.25) is 0 Å². The molecular formula is C14H21ClFNO. The Kier molecular flexibility index (Phi) is 6.61. The van der Waals surface area contributed by atoms with Gasteiger partial charge >= 0.3 is 0 Å². The molecule has 1 aromatic rings. The van der Waals surface area contributed by atoms with Crippen molar-refractivity contribution < 1.29 is 9.50 Å². The predicted molar refractivity (Wildman–Crippen MR) is 73.3 cm³/mol. The highest BCUT2D eigenvalue weighted by molar-refractivity contribution is 6.30. The van der Waals surface area contributed by atoms with Gasteiger partial charge in [0.1, 0.15) is 5.82 Å². The van der Waals surface area contributed by atoms with Gasteiger partial charge in [0.15, 0.2) is 0 Å². The lowest BCUT2D eigenvalue weighted by Gasteiger charge is -2.15. The van der Waals surface area contributed by atoms with Crippen molar-refractivity contribution in [2.24, 2.45) is 5.92 Å². The van der Waals surface area contributed by atoms with Gasteiger partial charge < -0.3 is 10.4 Å². The van der Waals surface area contributed by atoms with Crippen LogP contribution in [0.25, 0.3) is 0 Å². The fourth-order valence-electron chi connectivity index (χ4n) is 1.76. The molecule has 0 aliphatic heterocycles. The van der Waals surface area contributed by atoms with Crippen molar-refractivity contribution in [3.63, 3.8) is 0 Å². The number of hydrogen-bond donors (Lipinski definition) is 2. The van der Waals surface area contributed by atoms with Crippen molar-refractivity contribution in [3.05, 3.63) is 34.6 Å². The minimum absolute atomic E-state index is 0.0983. The SMILES string of the molecule is CC(CO)CCCNC(C)c1ccc(Cl)c(F)c1. The summed E-state index contributed by atoms with van der Waals surface area (Å²) in [5, 5.41) is 12.4. The quantitative estimate of drug-likeness (QED) is 0.745. The molecule has 0 radical (unpaired) electrons. The van der Waals surface area contributed by atoms with Gasteiger partial charge in [0, 0.05) is 12.6 Å². The molecule has 0 bridgehead atoms. The van der Waals surface area contributed by atoms with Crippen LogP contribution in [-0.2, 0) is 0 Å². The Morgan fingerprint density at radius 3 is 2.72 bits per heavy atom. The van der Waals surface area contributed by atoms with Crippen molar-refractivity contribution in [2.45, 2.75) is 32.7 Å². The zero-order valence-corrected chi connectivity index (χ0v) is 11.7. The summed E-state index contributed by atoms with van der Waals surface area (Å²) in [6, 6.07) is 4.98. The molecule has 102 valence electrons. The van der Waals surface area contributed by atoms with Gasteiger partial charge in [-0.25, -0.2) is 4.39 Å². The lowest BCUT2D eigenvalue weighted by atomic mass is 10.1. The van der Waals surface area contributed by atoms with Crippen LogP contribution >= 0.6 is 11.6 Å². The maximum absolute atomic E-state index is 13.3. The largest absolute Gasteiger partial charge is 0.396 e. The topological polar surface area (TPSA) is 32.3 Å². The first-order valence-corrected chi connectivity index (χ1v) is 6.71. The lowest BCUT2D eigenvalue weighted by Crippen LogP contribution is -2.20. The van der Waals surface area contributed by atoms with E-state index in [2.05, 4.69) is 5.32 Å². The molecule has 0 saturated heterocycles. The molecule has 1 rings (SSSR count). The number of nitrogens with one attached hydrogen (secondary N) is 1. The van der Waals surface area contributed by atoms with Crippen molar-refractivity contribution in [1.29, 1.82) is 0 Å². The van der Waals surface area contributed by atoms with Crippen molar-refractivity contribution in [1.82, 2.24) is 5.32 Å². The molecule has 0 heterocycles. The minimum atomic E-state index is -0.378. The monoisotopic (exact) mass is 273 g/mol. The highest BCUT2D eigenvalue weighted by Gasteiger charge is 2.08. The van der Waals surface area contributed by atoms with Gasteiger partial charge in [0.05, 0.1) is 5.02 Å². The maximum atomic E-state index is 13.3. The molecule has 0 aliphatic carbocycles. The van der Waals surface area contributed by atoms with Crippen LogP contribution in [0.15, 0.2) is 18.2 Å². The summed E-state index contributed by atoms with van der Waals surface area (Å²) >= 11 is 5.64. The Morgan fingerprint density at radius 2 is 2.11 bits per heavy atom. The molecule has 1 aromatic carbocycles. The Balaban J connectivity index is 2.36. The average molecular weight is 274 g/mol. The van der Waals surface area contributed by atoms with E-state index in [4.69, 9.17) is 16.7 Å². The molecule has 2 N–H and O–H groups in total. The molecule has 18 heavy (non-hydrogen) atoms. The normalized spacial score (nSPS) is 14.5. The van der Waals surface area contributed by atoms with Crippen molar-refractivity contribution in [3.8, 4) is 0 Å². The number of aliphatic hydroxyl groups excluding tert-OH is 1. The fourth-order valence-corrected chi connectivity index (χ4v) is 1.88. The minimum Gasteiger partial charge on any atom is -0.396 e. The zero-order chi connectivity index (χ0) is 13.5. The molecule has 2 nitrogen and oxygen atoms in total. The standard InChI is InChI=1S/C14H21ClFNO/c1-10(9-18)4-3-7-17-11(2)12-5-6-13(15)14(16)8-12/h5-6,8,10-11,17-18H,3-4,7,9H2,1-2H3. The second kappa shape index (κ2) is 7.72. The van der Waals surface area contributed by atoms with E-state index >= 15 is 0 Å². The first-order valence-electron chi connectivity index (χ1n) is 6.33. The number of benzene rings is 1. The van der Waals surface area contributed by atoms with E-state index in [1.54, 1.807) is 6.07 Å². The number of aliphatic hydroxyl groups is 1. The molecule has 0 fully saturated rings. The summed E-state index contributed by atoms with van der Waals surface area (Å²) in [5.74, 6) is -0.0354. The Hall–Kier alpha value is -0.640. The molecule has 2 atom stereocenters. The Morgan fingerprint density at radius 1 is 1.39 bits per heavy atom. The van der Waals surface area contributed by atoms with Gasteiger partial charge in [-0.15, -0.1) is 0 Å². The van der Waals surface area contributed by atoms with Crippen LogP contribution in [0.3, 0.4) is 0 Å². The van der Waals surface area contributed by atoms with E-state index in [1.165, 1.54) is 6.07 Å². The van der Waals surface area contributed by atoms with Crippen LogP contribution < -0.4 is 5.32 Å². The van der Waals surface area contributed by atoms with Gasteiger partial charge in [0.25, 0.3) is 0 Å². The Labute approximate surface area is 113 Å². The third-order valence-electron chi connectivity index (χ3n) is 3.08.